The van der Waals surface area contributed by atoms with Gasteiger partial charge in [0.1, 0.15) is 5.75 Å². The Morgan fingerprint density at radius 1 is 1.39 bits per heavy atom. The number of hydrogen-bond acceptors (Lipinski definition) is 4. The largest absolute Gasteiger partial charge is 0.496 e. The molecule has 96 valence electrons. The molecule has 1 N–H and O–H groups in total. The van der Waals surface area contributed by atoms with Crippen molar-refractivity contribution in [3.8, 4) is 5.75 Å². The van der Waals surface area contributed by atoms with Crippen LogP contribution in [-0.2, 0) is 6.54 Å². The SMILES string of the molecule is COc1ccccc1[C@@H](C)NCc1cnc(C)s1. The van der Waals surface area contributed by atoms with E-state index in [1.165, 1.54) is 10.4 Å². The number of nitrogens with one attached hydrogen (secondary N) is 1. The van der Waals surface area contributed by atoms with Crippen LogP contribution >= 0.6 is 11.3 Å². The van der Waals surface area contributed by atoms with E-state index < -0.39 is 0 Å². The molecule has 0 fully saturated rings. The minimum Gasteiger partial charge on any atom is -0.496 e. The number of benzene rings is 1. The molecule has 1 aromatic heterocycles. The van der Waals surface area contributed by atoms with E-state index in [-0.39, 0.29) is 6.04 Å². The summed E-state index contributed by atoms with van der Waals surface area (Å²) >= 11 is 1.73. The minimum atomic E-state index is 0.253. The molecule has 18 heavy (non-hydrogen) atoms. The average molecular weight is 262 g/mol. The number of rotatable bonds is 5. The van der Waals surface area contributed by atoms with Gasteiger partial charge in [-0.05, 0) is 19.9 Å². The molecule has 0 amide bonds. The van der Waals surface area contributed by atoms with Crippen LogP contribution in [-0.4, -0.2) is 12.1 Å². The van der Waals surface area contributed by atoms with Gasteiger partial charge in [-0.3, -0.25) is 0 Å². The lowest BCUT2D eigenvalue weighted by atomic mass is 10.1. The van der Waals surface area contributed by atoms with Gasteiger partial charge in [-0.1, -0.05) is 18.2 Å². The number of aromatic nitrogens is 1. The monoisotopic (exact) mass is 262 g/mol. The zero-order chi connectivity index (χ0) is 13.0. The van der Waals surface area contributed by atoms with Gasteiger partial charge in [-0.2, -0.15) is 0 Å². The van der Waals surface area contributed by atoms with Crippen LogP contribution in [0.2, 0.25) is 0 Å². The highest BCUT2D eigenvalue weighted by Crippen LogP contribution is 2.24. The van der Waals surface area contributed by atoms with E-state index in [9.17, 15) is 0 Å². The first-order chi connectivity index (χ1) is 8.70. The first kappa shape index (κ1) is 13.1. The molecule has 0 unspecified atom stereocenters. The number of hydrogen-bond donors (Lipinski definition) is 1. The second kappa shape index (κ2) is 5.98. The molecular weight excluding hydrogens is 244 g/mol. The molecule has 0 saturated heterocycles. The van der Waals surface area contributed by atoms with E-state index >= 15 is 0 Å². The summed E-state index contributed by atoms with van der Waals surface area (Å²) in [6.07, 6.45) is 1.93. The lowest BCUT2D eigenvalue weighted by molar-refractivity contribution is 0.401. The molecule has 0 bridgehead atoms. The molecule has 0 aliphatic heterocycles. The van der Waals surface area contributed by atoms with Gasteiger partial charge in [0.2, 0.25) is 0 Å². The van der Waals surface area contributed by atoms with Crippen LogP contribution in [0, 0.1) is 6.92 Å². The molecule has 1 atom stereocenters. The van der Waals surface area contributed by atoms with Crippen LogP contribution in [0.4, 0.5) is 0 Å². The molecule has 4 heteroatoms. The Labute approximate surface area is 112 Å². The quantitative estimate of drug-likeness (QED) is 0.897. The molecule has 2 aromatic rings. The van der Waals surface area contributed by atoms with E-state index in [4.69, 9.17) is 4.74 Å². The van der Waals surface area contributed by atoms with Crippen LogP contribution in [0.5, 0.6) is 5.75 Å². The number of para-hydroxylation sites is 1. The standard InChI is InChI=1S/C14H18N2OS/c1-10(13-6-4-5-7-14(13)17-3)15-8-12-9-16-11(2)18-12/h4-7,9-10,15H,8H2,1-3H3/t10-/m1/s1. The van der Waals surface area contributed by atoms with Crippen LogP contribution in [0.15, 0.2) is 30.5 Å². The highest BCUT2D eigenvalue weighted by atomic mass is 32.1. The molecule has 0 aliphatic rings. The van der Waals surface area contributed by atoms with Gasteiger partial charge in [-0.25, -0.2) is 4.98 Å². The van der Waals surface area contributed by atoms with E-state index in [0.717, 1.165) is 17.3 Å². The third-order valence-corrected chi connectivity index (χ3v) is 3.77. The van der Waals surface area contributed by atoms with Gasteiger partial charge in [0.15, 0.2) is 0 Å². The maximum absolute atomic E-state index is 5.37. The lowest BCUT2D eigenvalue weighted by Gasteiger charge is -2.16. The highest BCUT2D eigenvalue weighted by molar-refractivity contribution is 7.11. The Hall–Kier alpha value is -1.39. The van der Waals surface area contributed by atoms with Gasteiger partial charge in [0.25, 0.3) is 0 Å². The number of nitrogens with zero attached hydrogens (tertiary/aromatic N) is 1. The number of thiazole rings is 1. The molecule has 3 nitrogen and oxygen atoms in total. The average Bonchev–Trinajstić information content (AvgIpc) is 2.81. The summed E-state index contributed by atoms with van der Waals surface area (Å²) in [5.41, 5.74) is 1.18. The van der Waals surface area contributed by atoms with Crippen molar-refractivity contribution in [2.45, 2.75) is 26.4 Å². The highest BCUT2D eigenvalue weighted by Gasteiger charge is 2.10. The lowest BCUT2D eigenvalue weighted by Crippen LogP contribution is -2.18. The van der Waals surface area contributed by atoms with Crippen LogP contribution in [0.1, 0.15) is 28.4 Å². The van der Waals surface area contributed by atoms with Gasteiger partial charge in [-0.15, -0.1) is 11.3 Å². The maximum atomic E-state index is 5.37. The Morgan fingerprint density at radius 2 is 2.17 bits per heavy atom. The Bertz CT molecular complexity index is 510. The van der Waals surface area contributed by atoms with Crippen molar-refractivity contribution in [1.82, 2.24) is 10.3 Å². The zero-order valence-corrected chi connectivity index (χ0v) is 11.8. The molecule has 0 spiro atoms. The van der Waals surface area contributed by atoms with Crippen molar-refractivity contribution in [1.29, 1.82) is 0 Å². The zero-order valence-electron chi connectivity index (χ0n) is 10.9. The third-order valence-electron chi connectivity index (χ3n) is 2.86. The van der Waals surface area contributed by atoms with Crippen LogP contribution in [0.25, 0.3) is 0 Å². The normalized spacial score (nSPS) is 12.4. The first-order valence-electron chi connectivity index (χ1n) is 5.98. The predicted octanol–water partition coefficient (Wildman–Crippen LogP) is 3.31. The fraction of sp³-hybridized carbons (Fsp3) is 0.357. The number of ether oxygens (including phenoxy) is 1. The predicted molar refractivity (Wildman–Crippen MR) is 75.1 cm³/mol. The summed E-state index contributed by atoms with van der Waals surface area (Å²) in [6, 6.07) is 8.36. The van der Waals surface area contributed by atoms with Crippen molar-refractivity contribution in [2.75, 3.05) is 7.11 Å². The molecule has 2 rings (SSSR count). The van der Waals surface area contributed by atoms with Gasteiger partial charge < -0.3 is 10.1 Å². The maximum Gasteiger partial charge on any atom is 0.123 e. The molecular formula is C14H18N2OS. The summed E-state index contributed by atoms with van der Waals surface area (Å²) in [5, 5.41) is 4.60. The van der Waals surface area contributed by atoms with Crippen molar-refractivity contribution >= 4 is 11.3 Å². The summed E-state index contributed by atoms with van der Waals surface area (Å²) in [4.78, 5) is 5.51. The van der Waals surface area contributed by atoms with Gasteiger partial charge >= 0.3 is 0 Å². The van der Waals surface area contributed by atoms with E-state index in [1.807, 2.05) is 31.3 Å². The van der Waals surface area contributed by atoms with Crippen molar-refractivity contribution in [3.05, 3.63) is 45.9 Å². The molecule has 0 radical (unpaired) electrons. The fourth-order valence-electron chi connectivity index (χ4n) is 1.87. The molecule has 0 saturated carbocycles. The second-order valence-electron chi connectivity index (χ2n) is 4.19. The molecule has 1 aromatic carbocycles. The van der Waals surface area contributed by atoms with Gasteiger partial charge in [0.05, 0.1) is 12.1 Å². The molecule has 0 aliphatic carbocycles. The van der Waals surface area contributed by atoms with Crippen LogP contribution in [0.3, 0.4) is 0 Å². The second-order valence-corrected chi connectivity index (χ2v) is 5.51. The summed E-state index contributed by atoms with van der Waals surface area (Å²) in [6.45, 7) is 5.01. The van der Waals surface area contributed by atoms with E-state index in [2.05, 4.69) is 23.3 Å². The van der Waals surface area contributed by atoms with E-state index in [1.54, 1.807) is 18.4 Å². The van der Waals surface area contributed by atoms with E-state index in [0.29, 0.717) is 0 Å². The number of methoxy groups -OCH3 is 1. The van der Waals surface area contributed by atoms with Crippen LogP contribution < -0.4 is 10.1 Å². The smallest absolute Gasteiger partial charge is 0.123 e. The Kier molecular flexibility index (Phi) is 4.33. The van der Waals surface area contributed by atoms with Crippen molar-refractivity contribution in [3.63, 3.8) is 0 Å². The summed E-state index contributed by atoms with van der Waals surface area (Å²) < 4.78 is 5.37. The topological polar surface area (TPSA) is 34.1 Å². The summed E-state index contributed by atoms with van der Waals surface area (Å²) in [7, 11) is 1.71. The molecule has 1 heterocycles. The third kappa shape index (κ3) is 3.09. The summed E-state index contributed by atoms with van der Waals surface area (Å²) in [5.74, 6) is 0.929. The van der Waals surface area contributed by atoms with Gasteiger partial charge in [0, 0.05) is 29.2 Å². The van der Waals surface area contributed by atoms with Crippen molar-refractivity contribution < 1.29 is 4.74 Å². The first-order valence-corrected chi connectivity index (χ1v) is 6.80. The Balaban J connectivity index is 2.01. The number of aryl methyl sites for hydroxylation is 1. The Morgan fingerprint density at radius 3 is 2.83 bits per heavy atom. The minimum absolute atomic E-state index is 0.253. The van der Waals surface area contributed by atoms with Crippen molar-refractivity contribution in [2.24, 2.45) is 0 Å². The fourth-order valence-corrected chi connectivity index (χ4v) is 2.62.